The highest BCUT2D eigenvalue weighted by Gasteiger charge is 2.35. The molecule has 2 aliphatic rings. The molecule has 2 rings (SSSR count). The van der Waals surface area contributed by atoms with E-state index in [0.717, 1.165) is 24.4 Å². The van der Waals surface area contributed by atoms with E-state index in [4.69, 9.17) is 4.74 Å². The van der Waals surface area contributed by atoms with Gasteiger partial charge in [0.2, 0.25) is 0 Å². The van der Waals surface area contributed by atoms with Crippen LogP contribution in [0.3, 0.4) is 0 Å². The van der Waals surface area contributed by atoms with Crippen LogP contribution >= 0.6 is 0 Å². The zero-order valence-corrected chi connectivity index (χ0v) is 7.88. The van der Waals surface area contributed by atoms with E-state index in [9.17, 15) is 0 Å². The lowest BCUT2D eigenvalue weighted by Crippen LogP contribution is -2.50. The molecule has 2 fully saturated rings. The molecule has 0 aromatic heterocycles. The monoisotopic (exact) mass is 169 g/mol. The standard InChI is InChI=1S/C10H19NO/c1-12-7-10(8-3-2-4-8)9-5-11-6-9/h8-11H,2-7H2,1H3. The fourth-order valence-corrected chi connectivity index (χ4v) is 2.33. The van der Waals surface area contributed by atoms with Crippen molar-refractivity contribution in [2.45, 2.75) is 19.3 Å². The van der Waals surface area contributed by atoms with Crippen molar-refractivity contribution in [1.82, 2.24) is 5.32 Å². The first kappa shape index (κ1) is 8.52. The SMILES string of the molecule is COCC(C1CCC1)C1CNC1. The normalized spacial score (nSPS) is 27.8. The molecule has 12 heavy (non-hydrogen) atoms. The lowest BCUT2D eigenvalue weighted by atomic mass is 9.69. The Labute approximate surface area is 74.7 Å². The molecule has 1 aliphatic carbocycles. The van der Waals surface area contributed by atoms with E-state index >= 15 is 0 Å². The van der Waals surface area contributed by atoms with Crippen LogP contribution < -0.4 is 5.32 Å². The average Bonchev–Trinajstić information content (AvgIpc) is 1.79. The van der Waals surface area contributed by atoms with Crippen LogP contribution in [0.5, 0.6) is 0 Å². The van der Waals surface area contributed by atoms with Crippen LogP contribution in [0.1, 0.15) is 19.3 Å². The van der Waals surface area contributed by atoms with Crippen molar-refractivity contribution in [3.8, 4) is 0 Å². The van der Waals surface area contributed by atoms with E-state index in [1.54, 1.807) is 0 Å². The summed E-state index contributed by atoms with van der Waals surface area (Å²) in [5.41, 5.74) is 0. The fourth-order valence-electron chi connectivity index (χ4n) is 2.33. The van der Waals surface area contributed by atoms with Gasteiger partial charge in [0.25, 0.3) is 0 Å². The second-order valence-corrected chi connectivity index (χ2v) is 4.23. The number of nitrogens with one attached hydrogen (secondary N) is 1. The molecular weight excluding hydrogens is 150 g/mol. The van der Waals surface area contributed by atoms with E-state index < -0.39 is 0 Å². The zero-order chi connectivity index (χ0) is 8.39. The third-order valence-electron chi connectivity index (χ3n) is 3.53. The first-order valence-corrected chi connectivity index (χ1v) is 5.11. The van der Waals surface area contributed by atoms with Gasteiger partial charge in [-0.1, -0.05) is 19.3 Å². The fraction of sp³-hybridized carbons (Fsp3) is 1.00. The lowest BCUT2D eigenvalue weighted by molar-refractivity contribution is 0.0320. The lowest BCUT2D eigenvalue weighted by Gasteiger charge is -2.42. The van der Waals surface area contributed by atoms with Crippen molar-refractivity contribution < 1.29 is 4.74 Å². The predicted molar refractivity (Wildman–Crippen MR) is 49.1 cm³/mol. The van der Waals surface area contributed by atoms with Gasteiger partial charge in [0.15, 0.2) is 0 Å². The van der Waals surface area contributed by atoms with Crippen LogP contribution in [0.25, 0.3) is 0 Å². The van der Waals surface area contributed by atoms with Gasteiger partial charge < -0.3 is 10.1 Å². The largest absolute Gasteiger partial charge is 0.384 e. The molecule has 2 heteroatoms. The summed E-state index contributed by atoms with van der Waals surface area (Å²) in [5.74, 6) is 2.75. The summed E-state index contributed by atoms with van der Waals surface area (Å²) in [6.45, 7) is 3.44. The van der Waals surface area contributed by atoms with Gasteiger partial charge >= 0.3 is 0 Å². The summed E-state index contributed by atoms with van der Waals surface area (Å²) in [6.07, 6.45) is 4.35. The van der Waals surface area contributed by atoms with Crippen LogP contribution in [0.15, 0.2) is 0 Å². The summed E-state index contributed by atoms with van der Waals surface area (Å²) < 4.78 is 5.29. The first-order chi connectivity index (χ1) is 5.92. The van der Waals surface area contributed by atoms with E-state index in [2.05, 4.69) is 5.32 Å². The average molecular weight is 169 g/mol. The summed E-state index contributed by atoms with van der Waals surface area (Å²) in [5, 5.41) is 3.35. The molecule has 1 aliphatic heterocycles. The van der Waals surface area contributed by atoms with E-state index in [1.165, 1.54) is 32.4 Å². The van der Waals surface area contributed by atoms with Crippen molar-refractivity contribution in [2.75, 3.05) is 26.8 Å². The molecule has 0 spiro atoms. The van der Waals surface area contributed by atoms with E-state index in [0.29, 0.717) is 0 Å². The van der Waals surface area contributed by atoms with E-state index in [-0.39, 0.29) is 0 Å². The molecule has 1 atom stereocenters. The van der Waals surface area contributed by atoms with Gasteiger partial charge in [0.1, 0.15) is 0 Å². The van der Waals surface area contributed by atoms with Crippen molar-refractivity contribution in [3.63, 3.8) is 0 Å². The molecule has 0 radical (unpaired) electrons. The van der Waals surface area contributed by atoms with Crippen molar-refractivity contribution >= 4 is 0 Å². The topological polar surface area (TPSA) is 21.3 Å². The quantitative estimate of drug-likeness (QED) is 0.684. The van der Waals surface area contributed by atoms with Crippen LogP contribution in [-0.4, -0.2) is 26.8 Å². The van der Waals surface area contributed by atoms with Gasteiger partial charge in [-0.25, -0.2) is 0 Å². The number of ether oxygens (including phenoxy) is 1. The molecule has 0 bridgehead atoms. The second-order valence-electron chi connectivity index (χ2n) is 4.23. The Bertz CT molecular complexity index is 127. The summed E-state index contributed by atoms with van der Waals surface area (Å²) >= 11 is 0. The highest BCUT2D eigenvalue weighted by Crippen LogP contribution is 2.38. The number of methoxy groups -OCH3 is 1. The molecule has 0 aromatic rings. The Hall–Kier alpha value is -0.0800. The van der Waals surface area contributed by atoms with Gasteiger partial charge in [-0.15, -0.1) is 0 Å². The molecular formula is C10H19NO. The van der Waals surface area contributed by atoms with Crippen molar-refractivity contribution in [2.24, 2.45) is 17.8 Å². The first-order valence-electron chi connectivity index (χ1n) is 5.11. The van der Waals surface area contributed by atoms with Crippen molar-refractivity contribution in [1.29, 1.82) is 0 Å². The van der Waals surface area contributed by atoms with Gasteiger partial charge in [0, 0.05) is 13.7 Å². The molecule has 70 valence electrons. The highest BCUT2D eigenvalue weighted by molar-refractivity contribution is 4.88. The van der Waals surface area contributed by atoms with Crippen molar-refractivity contribution in [3.05, 3.63) is 0 Å². The number of hydrogen-bond donors (Lipinski definition) is 1. The Morgan fingerprint density at radius 1 is 1.33 bits per heavy atom. The molecule has 2 nitrogen and oxygen atoms in total. The maximum absolute atomic E-state index is 5.29. The van der Waals surface area contributed by atoms with Gasteiger partial charge in [0.05, 0.1) is 0 Å². The Kier molecular flexibility index (Phi) is 2.66. The molecule has 1 saturated heterocycles. The Morgan fingerprint density at radius 3 is 2.42 bits per heavy atom. The molecule has 0 amide bonds. The summed E-state index contributed by atoms with van der Waals surface area (Å²) in [4.78, 5) is 0. The van der Waals surface area contributed by atoms with Gasteiger partial charge in [-0.05, 0) is 30.8 Å². The van der Waals surface area contributed by atoms with Crippen LogP contribution in [0, 0.1) is 17.8 Å². The molecule has 0 aromatic carbocycles. The molecule has 1 unspecified atom stereocenters. The van der Waals surface area contributed by atoms with Crippen LogP contribution in [0.4, 0.5) is 0 Å². The van der Waals surface area contributed by atoms with E-state index in [1.807, 2.05) is 7.11 Å². The minimum Gasteiger partial charge on any atom is -0.384 e. The Balaban J connectivity index is 1.82. The van der Waals surface area contributed by atoms with Gasteiger partial charge in [-0.2, -0.15) is 0 Å². The summed E-state index contributed by atoms with van der Waals surface area (Å²) in [6, 6.07) is 0. The molecule has 1 saturated carbocycles. The number of rotatable bonds is 4. The van der Waals surface area contributed by atoms with Crippen LogP contribution in [-0.2, 0) is 4.74 Å². The third kappa shape index (κ3) is 1.50. The Morgan fingerprint density at radius 2 is 2.08 bits per heavy atom. The number of hydrogen-bond acceptors (Lipinski definition) is 2. The summed E-state index contributed by atoms with van der Waals surface area (Å²) in [7, 11) is 1.83. The third-order valence-corrected chi connectivity index (χ3v) is 3.53. The minimum atomic E-state index is 0.852. The van der Waals surface area contributed by atoms with Gasteiger partial charge in [-0.3, -0.25) is 0 Å². The second kappa shape index (κ2) is 3.75. The predicted octanol–water partition coefficient (Wildman–Crippen LogP) is 1.27. The zero-order valence-electron chi connectivity index (χ0n) is 7.88. The smallest absolute Gasteiger partial charge is 0.0496 e. The maximum Gasteiger partial charge on any atom is 0.0496 e. The maximum atomic E-state index is 5.29. The minimum absolute atomic E-state index is 0.852. The highest BCUT2D eigenvalue weighted by atomic mass is 16.5. The van der Waals surface area contributed by atoms with Crippen LogP contribution in [0.2, 0.25) is 0 Å². The molecule has 1 heterocycles. The molecule has 1 N–H and O–H groups in total.